The second-order valence-corrected chi connectivity index (χ2v) is 5.25. The molecule has 82 valence electrons. The van der Waals surface area contributed by atoms with Gasteiger partial charge in [0.15, 0.2) is 0 Å². The van der Waals surface area contributed by atoms with Gasteiger partial charge >= 0.3 is 0 Å². The molecule has 0 bridgehead atoms. The van der Waals surface area contributed by atoms with Crippen LogP contribution in [0.2, 0.25) is 0 Å². The van der Waals surface area contributed by atoms with Crippen LogP contribution in [0.1, 0.15) is 18.4 Å². The highest BCUT2D eigenvalue weighted by Crippen LogP contribution is 2.42. The van der Waals surface area contributed by atoms with Gasteiger partial charge in [0.2, 0.25) is 0 Å². The Morgan fingerprint density at radius 2 is 2.00 bits per heavy atom. The van der Waals surface area contributed by atoms with Gasteiger partial charge in [0.05, 0.1) is 0 Å². The van der Waals surface area contributed by atoms with Crippen molar-refractivity contribution in [2.75, 3.05) is 0 Å². The third kappa shape index (κ3) is 2.14. The molecule has 2 rings (SSSR count). The van der Waals surface area contributed by atoms with Crippen LogP contribution in [0.25, 0.3) is 0 Å². The first-order valence-corrected chi connectivity index (χ1v) is 6.19. The molecule has 0 aliphatic heterocycles. The first kappa shape index (κ1) is 11.2. The standard InChI is InChI=1S/C10H9BrF2OS/c11-8-6-15-5-7(8)9(14)1-3-10(12,13)4-2-9/h1,3,5-6,14H,2,4H2. The number of thiophene rings is 1. The fraction of sp³-hybridized carbons (Fsp3) is 0.400. The summed E-state index contributed by atoms with van der Waals surface area (Å²) in [6.45, 7) is 0. The second kappa shape index (κ2) is 3.64. The van der Waals surface area contributed by atoms with E-state index in [2.05, 4.69) is 15.9 Å². The predicted octanol–water partition coefficient (Wildman–Crippen LogP) is 3.68. The largest absolute Gasteiger partial charge is 0.381 e. The van der Waals surface area contributed by atoms with Gasteiger partial charge in [0.25, 0.3) is 5.92 Å². The topological polar surface area (TPSA) is 20.2 Å². The molecule has 1 nitrogen and oxygen atoms in total. The van der Waals surface area contributed by atoms with Gasteiger partial charge in [-0.05, 0) is 39.9 Å². The summed E-state index contributed by atoms with van der Waals surface area (Å²) in [5, 5.41) is 13.8. The molecule has 1 aromatic heterocycles. The Morgan fingerprint density at radius 1 is 1.27 bits per heavy atom. The highest BCUT2D eigenvalue weighted by molar-refractivity contribution is 9.10. The molecular formula is C10H9BrF2OS. The van der Waals surface area contributed by atoms with Crippen molar-refractivity contribution in [3.63, 3.8) is 0 Å². The first-order valence-electron chi connectivity index (χ1n) is 4.46. The minimum absolute atomic E-state index is 0.0475. The molecule has 0 aromatic carbocycles. The van der Waals surface area contributed by atoms with Crippen LogP contribution in [0.3, 0.4) is 0 Å². The van der Waals surface area contributed by atoms with Crippen LogP contribution in [0, 0.1) is 0 Å². The third-order valence-corrected chi connectivity index (χ3v) is 4.23. The highest BCUT2D eigenvalue weighted by atomic mass is 79.9. The Hall–Kier alpha value is -0.260. The van der Waals surface area contributed by atoms with Crippen LogP contribution in [-0.2, 0) is 5.60 Å². The molecular weight excluding hydrogens is 286 g/mol. The smallest absolute Gasteiger partial charge is 0.266 e. The lowest BCUT2D eigenvalue weighted by Crippen LogP contribution is -2.31. The van der Waals surface area contributed by atoms with Gasteiger partial charge in [0.1, 0.15) is 5.60 Å². The quantitative estimate of drug-likeness (QED) is 0.784. The monoisotopic (exact) mass is 294 g/mol. The summed E-state index contributed by atoms with van der Waals surface area (Å²) in [4.78, 5) is 0. The lowest BCUT2D eigenvalue weighted by Gasteiger charge is -2.30. The van der Waals surface area contributed by atoms with Crippen LogP contribution in [-0.4, -0.2) is 11.0 Å². The molecule has 0 fully saturated rings. The van der Waals surface area contributed by atoms with Gasteiger partial charge in [-0.2, -0.15) is 11.3 Å². The summed E-state index contributed by atoms with van der Waals surface area (Å²) in [6.07, 6.45) is 1.72. The van der Waals surface area contributed by atoms with E-state index in [9.17, 15) is 13.9 Å². The summed E-state index contributed by atoms with van der Waals surface area (Å²) >= 11 is 4.72. The predicted molar refractivity (Wildman–Crippen MR) is 59.2 cm³/mol. The molecule has 0 saturated heterocycles. The zero-order chi connectivity index (χ0) is 11.1. The van der Waals surface area contributed by atoms with E-state index in [0.717, 1.165) is 10.5 Å². The number of allylic oxidation sites excluding steroid dienone is 1. The van der Waals surface area contributed by atoms with Crippen molar-refractivity contribution < 1.29 is 13.9 Å². The molecule has 0 radical (unpaired) electrons. The molecule has 1 unspecified atom stereocenters. The van der Waals surface area contributed by atoms with Crippen LogP contribution in [0.15, 0.2) is 27.4 Å². The maximum Gasteiger partial charge on any atom is 0.266 e. The maximum absolute atomic E-state index is 12.9. The molecule has 1 aliphatic rings. The molecule has 1 heterocycles. The molecule has 1 atom stereocenters. The molecule has 0 saturated carbocycles. The number of rotatable bonds is 1. The Labute approximate surface area is 98.6 Å². The van der Waals surface area contributed by atoms with Gasteiger partial charge in [0, 0.05) is 21.8 Å². The van der Waals surface area contributed by atoms with E-state index in [1.807, 2.05) is 5.38 Å². The molecule has 0 amide bonds. The number of alkyl halides is 2. The normalized spacial score (nSPS) is 29.3. The maximum atomic E-state index is 12.9. The Balaban J connectivity index is 2.35. The third-order valence-electron chi connectivity index (χ3n) is 2.52. The van der Waals surface area contributed by atoms with E-state index in [1.165, 1.54) is 17.4 Å². The molecule has 0 spiro atoms. The summed E-state index contributed by atoms with van der Waals surface area (Å²) in [6, 6.07) is 0. The van der Waals surface area contributed by atoms with Gasteiger partial charge in [-0.1, -0.05) is 0 Å². The SMILES string of the molecule is OC1(c2cscc2Br)C=CC(F)(F)CC1. The van der Waals surface area contributed by atoms with Crippen molar-refractivity contribution >= 4 is 27.3 Å². The number of hydrogen-bond donors (Lipinski definition) is 1. The number of aliphatic hydroxyl groups is 1. The van der Waals surface area contributed by atoms with Crippen molar-refractivity contribution in [3.05, 3.63) is 32.9 Å². The summed E-state index contributed by atoms with van der Waals surface area (Å²) in [7, 11) is 0. The van der Waals surface area contributed by atoms with Crippen LogP contribution < -0.4 is 0 Å². The van der Waals surface area contributed by atoms with Crippen LogP contribution in [0.5, 0.6) is 0 Å². The zero-order valence-electron chi connectivity index (χ0n) is 7.71. The van der Waals surface area contributed by atoms with Gasteiger partial charge in [-0.3, -0.25) is 0 Å². The van der Waals surface area contributed by atoms with E-state index >= 15 is 0 Å². The van der Waals surface area contributed by atoms with E-state index < -0.39 is 11.5 Å². The summed E-state index contributed by atoms with van der Waals surface area (Å²) in [5.74, 6) is -2.78. The van der Waals surface area contributed by atoms with E-state index in [4.69, 9.17) is 0 Å². The van der Waals surface area contributed by atoms with Gasteiger partial charge in [-0.25, -0.2) is 8.78 Å². The lowest BCUT2D eigenvalue weighted by molar-refractivity contribution is -0.0138. The molecule has 1 aromatic rings. The Morgan fingerprint density at radius 3 is 2.47 bits per heavy atom. The first-order chi connectivity index (χ1) is 6.93. The average Bonchev–Trinajstić information content (AvgIpc) is 2.58. The van der Waals surface area contributed by atoms with Gasteiger partial charge < -0.3 is 5.11 Å². The summed E-state index contributed by atoms with van der Waals surface area (Å²) in [5.41, 5.74) is -0.584. The fourth-order valence-corrected chi connectivity index (χ4v) is 3.31. The van der Waals surface area contributed by atoms with Crippen molar-refractivity contribution in [2.45, 2.75) is 24.4 Å². The number of hydrogen-bond acceptors (Lipinski definition) is 2. The highest BCUT2D eigenvalue weighted by Gasteiger charge is 2.39. The molecule has 5 heteroatoms. The average molecular weight is 295 g/mol. The Kier molecular flexibility index (Phi) is 2.73. The molecule has 1 aliphatic carbocycles. The minimum atomic E-state index is -2.78. The minimum Gasteiger partial charge on any atom is -0.381 e. The second-order valence-electron chi connectivity index (χ2n) is 3.65. The van der Waals surface area contributed by atoms with Crippen molar-refractivity contribution in [2.24, 2.45) is 0 Å². The van der Waals surface area contributed by atoms with Crippen molar-refractivity contribution in [1.29, 1.82) is 0 Å². The Bertz CT molecular complexity index is 402. The van der Waals surface area contributed by atoms with Gasteiger partial charge in [-0.15, -0.1) is 0 Å². The molecule has 15 heavy (non-hydrogen) atoms. The van der Waals surface area contributed by atoms with Crippen molar-refractivity contribution in [1.82, 2.24) is 0 Å². The lowest BCUT2D eigenvalue weighted by atomic mass is 9.85. The number of halogens is 3. The van der Waals surface area contributed by atoms with Crippen LogP contribution in [0.4, 0.5) is 8.78 Å². The molecule has 1 N–H and O–H groups in total. The summed E-state index contributed by atoms with van der Waals surface area (Å²) < 4.78 is 26.5. The zero-order valence-corrected chi connectivity index (χ0v) is 10.1. The fourth-order valence-electron chi connectivity index (χ4n) is 1.60. The van der Waals surface area contributed by atoms with E-state index in [-0.39, 0.29) is 12.8 Å². The van der Waals surface area contributed by atoms with E-state index in [0.29, 0.717) is 5.56 Å². The van der Waals surface area contributed by atoms with Crippen LogP contribution >= 0.6 is 27.3 Å². The van der Waals surface area contributed by atoms with Crippen molar-refractivity contribution in [3.8, 4) is 0 Å². The van der Waals surface area contributed by atoms with E-state index in [1.54, 1.807) is 5.38 Å².